The van der Waals surface area contributed by atoms with Crippen LogP contribution in [-0.2, 0) is 4.74 Å². The Balaban J connectivity index is 1.57. The number of carbonyl (C=O) groups is 1. The summed E-state index contributed by atoms with van der Waals surface area (Å²) in [5.41, 5.74) is -2.26. The van der Waals surface area contributed by atoms with Gasteiger partial charge in [-0.05, 0) is 71.9 Å². The van der Waals surface area contributed by atoms with Gasteiger partial charge in [-0.25, -0.2) is 9.18 Å². The van der Waals surface area contributed by atoms with Crippen molar-refractivity contribution in [1.82, 2.24) is 0 Å². The maximum Gasteiger partial charge on any atom is 0.414 e. The smallest absolute Gasteiger partial charge is 0.414 e. The number of aliphatic hydroxyl groups excluding tert-OH is 3. The van der Waals surface area contributed by atoms with E-state index in [4.69, 9.17) is 4.74 Å². The third-order valence-corrected chi connectivity index (χ3v) is 9.87. The van der Waals surface area contributed by atoms with Crippen molar-refractivity contribution < 1.29 is 34.3 Å². The number of benzene rings is 1. The first-order valence-corrected chi connectivity index (χ1v) is 12.6. The number of halogens is 1. The first-order valence-electron chi connectivity index (χ1n) is 12.6. The standard InChI is InChI=1S/C28H36FNO6/c1-14-12-27-15(2)10-20-21(26(20,3)4)19(23(27)33)11-16(13-31)22(32)28(27,35)24(14)36-25(34)30(5)18-8-6-17(29)7-9-18/h6-9,11-12,15,19-24,31-33,35H,10,13H2,1-5H3/t15-,19+,20-,21+,22-,23?,24+,27+,28+/m1/s1. The Morgan fingerprint density at radius 2 is 1.86 bits per heavy atom. The van der Waals surface area contributed by atoms with Crippen LogP contribution in [0.3, 0.4) is 0 Å². The van der Waals surface area contributed by atoms with E-state index in [0.29, 0.717) is 17.2 Å². The van der Waals surface area contributed by atoms with Crippen molar-refractivity contribution in [3.8, 4) is 0 Å². The number of amides is 1. The molecule has 1 amide bonds. The molecule has 0 radical (unpaired) electrons. The van der Waals surface area contributed by atoms with E-state index in [1.165, 1.54) is 36.2 Å². The summed E-state index contributed by atoms with van der Waals surface area (Å²) in [6, 6.07) is 5.33. The molecule has 36 heavy (non-hydrogen) atoms. The largest absolute Gasteiger partial charge is 0.438 e. The van der Waals surface area contributed by atoms with Gasteiger partial charge in [0.05, 0.1) is 18.1 Å². The third kappa shape index (κ3) is 3.14. The van der Waals surface area contributed by atoms with Gasteiger partial charge in [0.1, 0.15) is 17.5 Å². The van der Waals surface area contributed by atoms with Crippen LogP contribution in [0.25, 0.3) is 0 Å². The van der Waals surface area contributed by atoms with Crippen LogP contribution >= 0.6 is 0 Å². The van der Waals surface area contributed by atoms with Gasteiger partial charge in [-0.3, -0.25) is 4.90 Å². The fourth-order valence-electron chi connectivity index (χ4n) is 7.85. The second-order valence-electron chi connectivity index (χ2n) is 11.9. The monoisotopic (exact) mass is 501 g/mol. The predicted molar refractivity (Wildman–Crippen MR) is 131 cm³/mol. The number of anilines is 1. The number of rotatable bonds is 3. The average molecular weight is 502 g/mol. The van der Waals surface area contributed by atoms with Gasteiger partial charge in [-0.1, -0.05) is 32.9 Å². The molecule has 9 atom stereocenters. The quantitative estimate of drug-likeness (QED) is 0.474. The summed E-state index contributed by atoms with van der Waals surface area (Å²) in [6.45, 7) is 7.54. The Bertz CT molecular complexity index is 1130. The lowest BCUT2D eigenvalue weighted by molar-refractivity contribution is -0.214. The number of aliphatic hydroxyl groups is 4. The molecule has 196 valence electrons. The van der Waals surface area contributed by atoms with Gasteiger partial charge in [-0.2, -0.15) is 0 Å². The molecule has 0 heterocycles. The van der Waals surface area contributed by atoms with E-state index in [0.717, 1.165) is 6.42 Å². The summed E-state index contributed by atoms with van der Waals surface area (Å²) in [7, 11) is 1.47. The van der Waals surface area contributed by atoms with E-state index in [-0.39, 0.29) is 28.7 Å². The minimum atomic E-state index is -2.10. The van der Waals surface area contributed by atoms with E-state index < -0.39 is 47.8 Å². The lowest BCUT2D eigenvalue weighted by Crippen LogP contribution is -2.67. The number of hydrogen-bond acceptors (Lipinski definition) is 6. The fraction of sp³-hybridized carbons (Fsp3) is 0.607. The second kappa shape index (κ2) is 8.12. The molecule has 2 fully saturated rings. The van der Waals surface area contributed by atoms with Crippen LogP contribution < -0.4 is 4.90 Å². The van der Waals surface area contributed by atoms with Crippen LogP contribution in [0.1, 0.15) is 34.1 Å². The highest BCUT2D eigenvalue weighted by molar-refractivity contribution is 5.87. The van der Waals surface area contributed by atoms with Crippen molar-refractivity contribution >= 4 is 11.8 Å². The zero-order chi connectivity index (χ0) is 26.4. The molecule has 1 aromatic carbocycles. The minimum absolute atomic E-state index is 0.00685. The molecule has 2 bridgehead atoms. The Kier molecular flexibility index (Phi) is 5.73. The molecule has 4 aliphatic carbocycles. The molecule has 0 aromatic heterocycles. The van der Waals surface area contributed by atoms with Gasteiger partial charge in [-0.15, -0.1) is 0 Å². The maximum absolute atomic E-state index is 13.4. The van der Waals surface area contributed by atoms with Crippen molar-refractivity contribution in [2.75, 3.05) is 18.6 Å². The summed E-state index contributed by atoms with van der Waals surface area (Å²) in [5, 5.41) is 46.2. The molecule has 4 aliphatic rings. The molecule has 8 heteroatoms. The Morgan fingerprint density at radius 3 is 2.47 bits per heavy atom. The average Bonchev–Trinajstić information content (AvgIpc) is 3.32. The Hall–Kier alpha value is -2.26. The molecule has 7 nitrogen and oxygen atoms in total. The highest BCUT2D eigenvalue weighted by Crippen LogP contribution is 2.72. The van der Waals surface area contributed by atoms with Gasteiger partial charge >= 0.3 is 6.09 Å². The van der Waals surface area contributed by atoms with Crippen LogP contribution in [0, 0.1) is 40.3 Å². The van der Waals surface area contributed by atoms with Gasteiger partial charge in [0, 0.05) is 18.7 Å². The van der Waals surface area contributed by atoms with Crippen LogP contribution in [0.5, 0.6) is 0 Å². The lowest BCUT2D eigenvalue weighted by Gasteiger charge is -2.52. The van der Waals surface area contributed by atoms with Crippen molar-refractivity contribution in [2.24, 2.45) is 34.5 Å². The summed E-state index contributed by atoms with van der Waals surface area (Å²) in [6.07, 6.45) is -0.414. The molecular weight excluding hydrogens is 465 g/mol. The third-order valence-electron chi connectivity index (χ3n) is 9.87. The molecule has 1 aromatic rings. The number of fused-ring (bicyclic) bond motifs is 3. The lowest BCUT2D eigenvalue weighted by atomic mass is 9.58. The normalized spacial score (nSPS) is 42.2. The van der Waals surface area contributed by atoms with Crippen molar-refractivity contribution in [3.05, 3.63) is 53.4 Å². The summed E-state index contributed by atoms with van der Waals surface area (Å²) >= 11 is 0. The molecule has 0 saturated heterocycles. The van der Waals surface area contributed by atoms with Crippen molar-refractivity contribution in [3.63, 3.8) is 0 Å². The molecule has 1 unspecified atom stereocenters. The predicted octanol–water partition coefficient (Wildman–Crippen LogP) is 3.03. The number of hydrogen-bond donors (Lipinski definition) is 4. The fourth-order valence-corrected chi connectivity index (χ4v) is 7.85. The van der Waals surface area contributed by atoms with Gasteiger partial charge in [0.25, 0.3) is 0 Å². The van der Waals surface area contributed by atoms with Crippen LogP contribution in [0.4, 0.5) is 14.9 Å². The van der Waals surface area contributed by atoms with Gasteiger partial charge < -0.3 is 25.2 Å². The maximum atomic E-state index is 13.4. The summed E-state index contributed by atoms with van der Waals surface area (Å²) in [4.78, 5) is 14.4. The van der Waals surface area contributed by atoms with E-state index in [2.05, 4.69) is 13.8 Å². The zero-order valence-corrected chi connectivity index (χ0v) is 21.4. The molecule has 5 rings (SSSR count). The van der Waals surface area contributed by atoms with E-state index >= 15 is 0 Å². The van der Waals surface area contributed by atoms with Crippen LogP contribution in [0.15, 0.2) is 47.6 Å². The van der Waals surface area contributed by atoms with Crippen LogP contribution in [-0.4, -0.2) is 64.1 Å². The van der Waals surface area contributed by atoms with Crippen molar-refractivity contribution in [2.45, 2.75) is 58.0 Å². The Morgan fingerprint density at radius 1 is 1.22 bits per heavy atom. The number of nitrogens with zero attached hydrogens (tertiary/aromatic N) is 1. The van der Waals surface area contributed by atoms with Gasteiger partial charge in [0.2, 0.25) is 0 Å². The number of ether oxygens (including phenoxy) is 1. The van der Waals surface area contributed by atoms with Crippen LogP contribution in [0.2, 0.25) is 0 Å². The second-order valence-corrected chi connectivity index (χ2v) is 11.9. The molecule has 4 N–H and O–H groups in total. The highest BCUT2D eigenvalue weighted by Gasteiger charge is 2.76. The molecular formula is C28H36FNO6. The summed E-state index contributed by atoms with van der Waals surface area (Å²) < 4.78 is 19.2. The molecule has 0 aliphatic heterocycles. The molecule has 1 spiro atoms. The zero-order valence-electron chi connectivity index (χ0n) is 21.4. The first kappa shape index (κ1) is 25.4. The van der Waals surface area contributed by atoms with Crippen molar-refractivity contribution in [1.29, 1.82) is 0 Å². The topological polar surface area (TPSA) is 110 Å². The van der Waals surface area contributed by atoms with E-state index in [1.54, 1.807) is 19.1 Å². The van der Waals surface area contributed by atoms with Gasteiger partial charge in [0.15, 0.2) is 6.10 Å². The number of carbonyl (C=O) groups excluding carboxylic acids is 1. The van der Waals surface area contributed by atoms with E-state index in [9.17, 15) is 29.6 Å². The first-order chi connectivity index (χ1) is 16.8. The minimum Gasteiger partial charge on any atom is -0.438 e. The molecule has 2 saturated carbocycles. The summed E-state index contributed by atoms with van der Waals surface area (Å²) in [5.74, 6) is -0.594. The van der Waals surface area contributed by atoms with E-state index in [1.807, 2.05) is 6.92 Å². The Labute approximate surface area is 210 Å². The SMILES string of the molecule is CC1=C[C@]23C(O)[C@@H](C=C(CO)[C@@H](O)[C@]2(O)[C@H]1OC(=O)N(C)c1ccc(F)cc1)[C@H]1[C@@H](C[C@H]3C)C1(C)C. The highest BCUT2D eigenvalue weighted by atomic mass is 19.1.